The Bertz CT molecular complexity index is 302. The summed E-state index contributed by atoms with van der Waals surface area (Å²) >= 11 is 0. The molecule has 0 saturated carbocycles. The third-order valence-electron chi connectivity index (χ3n) is 2.29. The molecule has 0 aliphatic carbocycles. The van der Waals surface area contributed by atoms with Crippen LogP contribution in [0.4, 0.5) is 4.39 Å². The summed E-state index contributed by atoms with van der Waals surface area (Å²) in [5.41, 5.74) is 7.33. The van der Waals surface area contributed by atoms with E-state index in [4.69, 9.17) is 10.5 Å². The van der Waals surface area contributed by atoms with Crippen LogP contribution in [0.15, 0.2) is 18.2 Å². The van der Waals surface area contributed by atoms with E-state index in [1.54, 1.807) is 6.07 Å². The van der Waals surface area contributed by atoms with Crippen molar-refractivity contribution in [1.82, 2.24) is 0 Å². The van der Waals surface area contributed by atoms with Crippen LogP contribution in [0.3, 0.4) is 0 Å². The van der Waals surface area contributed by atoms with E-state index in [0.29, 0.717) is 13.2 Å². The van der Waals surface area contributed by atoms with Gasteiger partial charge in [0, 0.05) is 13.2 Å². The van der Waals surface area contributed by atoms with Crippen LogP contribution in [-0.2, 0) is 17.9 Å². The van der Waals surface area contributed by atoms with E-state index < -0.39 is 0 Å². The van der Waals surface area contributed by atoms with Gasteiger partial charge in [-0.1, -0.05) is 19.4 Å². The first-order valence-corrected chi connectivity index (χ1v) is 5.33. The molecule has 0 aromatic heterocycles. The van der Waals surface area contributed by atoms with Crippen molar-refractivity contribution in [3.63, 3.8) is 0 Å². The van der Waals surface area contributed by atoms with Crippen LogP contribution in [0.25, 0.3) is 0 Å². The molecule has 0 saturated heterocycles. The highest BCUT2D eigenvalue weighted by Gasteiger charge is 2.02. The Morgan fingerprint density at radius 2 is 2.13 bits per heavy atom. The maximum Gasteiger partial charge on any atom is 0.123 e. The summed E-state index contributed by atoms with van der Waals surface area (Å²) in [6, 6.07) is 4.65. The lowest BCUT2D eigenvalue weighted by Crippen LogP contribution is -2.04. The highest BCUT2D eigenvalue weighted by Crippen LogP contribution is 2.12. The van der Waals surface area contributed by atoms with E-state index in [2.05, 4.69) is 6.92 Å². The van der Waals surface area contributed by atoms with Gasteiger partial charge in [-0.25, -0.2) is 4.39 Å². The van der Waals surface area contributed by atoms with Crippen LogP contribution in [0.5, 0.6) is 0 Å². The Labute approximate surface area is 90.2 Å². The average Bonchev–Trinajstić information content (AvgIpc) is 2.26. The van der Waals surface area contributed by atoms with Gasteiger partial charge < -0.3 is 10.5 Å². The van der Waals surface area contributed by atoms with Crippen LogP contribution in [0.1, 0.15) is 30.9 Å². The highest BCUT2D eigenvalue weighted by molar-refractivity contribution is 5.27. The molecular formula is C12H18FNO. The zero-order chi connectivity index (χ0) is 11.1. The van der Waals surface area contributed by atoms with Gasteiger partial charge in [0.15, 0.2) is 0 Å². The van der Waals surface area contributed by atoms with Crippen LogP contribution in [0.2, 0.25) is 0 Å². The quantitative estimate of drug-likeness (QED) is 0.734. The predicted molar refractivity (Wildman–Crippen MR) is 58.9 cm³/mol. The Morgan fingerprint density at radius 1 is 1.33 bits per heavy atom. The molecule has 2 nitrogen and oxygen atoms in total. The fraction of sp³-hybridized carbons (Fsp3) is 0.500. The zero-order valence-corrected chi connectivity index (χ0v) is 9.13. The van der Waals surface area contributed by atoms with Crippen molar-refractivity contribution in [3.8, 4) is 0 Å². The molecule has 0 aliphatic heterocycles. The van der Waals surface area contributed by atoms with E-state index in [-0.39, 0.29) is 5.82 Å². The van der Waals surface area contributed by atoms with Gasteiger partial charge in [0.2, 0.25) is 0 Å². The van der Waals surface area contributed by atoms with E-state index >= 15 is 0 Å². The monoisotopic (exact) mass is 211 g/mol. The van der Waals surface area contributed by atoms with Gasteiger partial charge in [-0.15, -0.1) is 0 Å². The van der Waals surface area contributed by atoms with Crippen molar-refractivity contribution >= 4 is 0 Å². The van der Waals surface area contributed by atoms with Crippen molar-refractivity contribution in [1.29, 1.82) is 0 Å². The maximum atomic E-state index is 12.9. The number of nitrogens with two attached hydrogens (primary N) is 1. The van der Waals surface area contributed by atoms with E-state index in [1.807, 2.05) is 0 Å². The molecule has 0 aliphatic rings. The molecule has 0 bridgehead atoms. The molecular weight excluding hydrogens is 193 g/mol. The van der Waals surface area contributed by atoms with E-state index in [0.717, 1.165) is 30.6 Å². The molecule has 1 aromatic rings. The van der Waals surface area contributed by atoms with Gasteiger partial charge in [0.1, 0.15) is 5.82 Å². The molecule has 0 heterocycles. The second kappa shape index (κ2) is 6.53. The Morgan fingerprint density at radius 3 is 2.80 bits per heavy atom. The molecule has 2 N–H and O–H groups in total. The minimum atomic E-state index is -0.243. The topological polar surface area (TPSA) is 35.2 Å². The van der Waals surface area contributed by atoms with Crippen molar-refractivity contribution in [2.75, 3.05) is 6.61 Å². The Balaban J connectivity index is 2.52. The van der Waals surface area contributed by atoms with Crippen molar-refractivity contribution in [2.24, 2.45) is 5.73 Å². The largest absolute Gasteiger partial charge is 0.377 e. The molecule has 0 amide bonds. The number of ether oxygens (including phenoxy) is 1. The van der Waals surface area contributed by atoms with Gasteiger partial charge >= 0.3 is 0 Å². The second-order valence-electron chi connectivity index (χ2n) is 3.52. The summed E-state index contributed by atoms with van der Waals surface area (Å²) in [4.78, 5) is 0. The molecule has 84 valence electrons. The molecule has 0 spiro atoms. The van der Waals surface area contributed by atoms with Gasteiger partial charge in [0.05, 0.1) is 6.61 Å². The van der Waals surface area contributed by atoms with Crippen LogP contribution < -0.4 is 5.73 Å². The minimum Gasteiger partial charge on any atom is -0.377 e. The number of unbranched alkanes of at least 4 members (excludes halogenated alkanes) is 1. The first-order valence-electron chi connectivity index (χ1n) is 5.33. The fourth-order valence-corrected chi connectivity index (χ4v) is 1.35. The molecule has 0 unspecified atom stereocenters. The molecule has 3 heteroatoms. The fourth-order valence-electron chi connectivity index (χ4n) is 1.35. The van der Waals surface area contributed by atoms with Gasteiger partial charge in [-0.2, -0.15) is 0 Å². The van der Waals surface area contributed by atoms with E-state index in [9.17, 15) is 4.39 Å². The van der Waals surface area contributed by atoms with Crippen LogP contribution >= 0.6 is 0 Å². The molecule has 0 fully saturated rings. The lowest BCUT2D eigenvalue weighted by molar-refractivity contribution is 0.117. The van der Waals surface area contributed by atoms with Crippen LogP contribution in [0, 0.1) is 5.82 Å². The summed E-state index contributed by atoms with van der Waals surface area (Å²) in [6.07, 6.45) is 2.17. The van der Waals surface area contributed by atoms with Gasteiger partial charge in [0.25, 0.3) is 0 Å². The molecule has 1 rings (SSSR count). The van der Waals surface area contributed by atoms with Gasteiger partial charge in [-0.3, -0.25) is 0 Å². The average molecular weight is 211 g/mol. The number of rotatable bonds is 6. The number of halogens is 1. The summed E-state index contributed by atoms with van der Waals surface area (Å²) in [5, 5.41) is 0. The number of hydrogen-bond acceptors (Lipinski definition) is 2. The standard InChI is InChI=1S/C12H18FNO/c1-2-3-6-15-9-10-4-5-12(13)7-11(10)8-14/h4-5,7H,2-3,6,8-9,14H2,1H3. The minimum absolute atomic E-state index is 0.243. The number of benzene rings is 1. The molecule has 0 atom stereocenters. The molecule has 0 radical (unpaired) electrons. The second-order valence-corrected chi connectivity index (χ2v) is 3.52. The zero-order valence-electron chi connectivity index (χ0n) is 9.13. The summed E-state index contributed by atoms with van der Waals surface area (Å²) in [5.74, 6) is -0.243. The number of hydrogen-bond donors (Lipinski definition) is 1. The SMILES string of the molecule is CCCCOCc1ccc(F)cc1CN. The lowest BCUT2D eigenvalue weighted by atomic mass is 10.1. The third kappa shape index (κ3) is 3.98. The Kier molecular flexibility index (Phi) is 5.29. The third-order valence-corrected chi connectivity index (χ3v) is 2.29. The summed E-state index contributed by atoms with van der Waals surface area (Å²) in [7, 11) is 0. The smallest absolute Gasteiger partial charge is 0.123 e. The molecule has 1 aromatic carbocycles. The Hall–Kier alpha value is -0.930. The van der Waals surface area contributed by atoms with Crippen molar-refractivity contribution in [2.45, 2.75) is 32.9 Å². The van der Waals surface area contributed by atoms with Crippen molar-refractivity contribution < 1.29 is 9.13 Å². The normalized spacial score (nSPS) is 10.6. The maximum absolute atomic E-state index is 12.9. The van der Waals surface area contributed by atoms with E-state index in [1.165, 1.54) is 12.1 Å². The highest BCUT2D eigenvalue weighted by atomic mass is 19.1. The first-order chi connectivity index (χ1) is 7.27. The van der Waals surface area contributed by atoms with Gasteiger partial charge in [-0.05, 0) is 29.7 Å². The van der Waals surface area contributed by atoms with Crippen molar-refractivity contribution in [3.05, 3.63) is 35.1 Å². The first kappa shape index (κ1) is 12.1. The van der Waals surface area contributed by atoms with Crippen LogP contribution in [-0.4, -0.2) is 6.61 Å². The molecule has 15 heavy (non-hydrogen) atoms. The summed E-state index contributed by atoms with van der Waals surface area (Å²) < 4.78 is 18.3. The lowest BCUT2D eigenvalue weighted by Gasteiger charge is -2.08. The predicted octanol–water partition coefficient (Wildman–Crippen LogP) is 2.60. The summed E-state index contributed by atoms with van der Waals surface area (Å²) in [6.45, 7) is 3.74.